The monoisotopic (exact) mass is 298 g/mol. The van der Waals surface area contributed by atoms with Crippen molar-refractivity contribution in [3.8, 4) is 0 Å². The summed E-state index contributed by atoms with van der Waals surface area (Å²) in [6, 6.07) is 7.22. The van der Waals surface area contributed by atoms with E-state index in [1.807, 2.05) is 26.0 Å². The normalized spacial score (nSPS) is 12.9. The standard InChI is InChI=1S/C14H22N2O3S/c1-4-11(2)14(17)16-9-12-7-5-6-8-13(12)10-20(18,19)15-3/h5-8,11,15H,4,9-10H2,1-3H3,(H,16,17)/t11-/m0/s1. The zero-order chi connectivity index (χ0) is 15.2. The molecule has 1 atom stereocenters. The fourth-order valence-corrected chi connectivity index (χ4v) is 2.53. The number of hydrogen-bond donors (Lipinski definition) is 2. The molecule has 0 saturated carbocycles. The SMILES string of the molecule is CC[C@H](C)C(=O)NCc1ccccc1CS(=O)(=O)NC. The predicted molar refractivity (Wildman–Crippen MR) is 79.4 cm³/mol. The molecule has 1 amide bonds. The summed E-state index contributed by atoms with van der Waals surface area (Å²) < 4.78 is 25.5. The first-order chi connectivity index (χ1) is 9.39. The van der Waals surface area contributed by atoms with E-state index in [1.54, 1.807) is 12.1 Å². The first kappa shape index (κ1) is 16.7. The van der Waals surface area contributed by atoms with Gasteiger partial charge in [-0.05, 0) is 24.6 Å². The molecule has 112 valence electrons. The van der Waals surface area contributed by atoms with Gasteiger partial charge < -0.3 is 5.32 Å². The van der Waals surface area contributed by atoms with Gasteiger partial charge in [0.15, 0.2) is 0 Å². The summed E-state index contributed by atoms with van der Waals surface area (Å²) in [6.07, 6.45) is 0.779. The number of carbonyl (C=O) groups is 1. The van der Waals surface area contributed by atoms with Gasteiger partial charge in [-0.15, -0.1) is 0 Å². The Morgan fingerprint density at radius 3 is 2.40 bits per heavy atom. The van der Waals surface area contributed by atoms with E-state index in [4.69, 9.17) is 0 Å². The third kappa shape index (κ3) is 4.94. The van der Waals surface area contributed by atoms with Crippen LogP contribution in [0.4, 0.5) is 0 Å². The van der Waals surface area contributed by atoms with Gasteiger partial charge >= 0.3 is 0 Å². The maximum atomic E-state index is 11.8. The molecule has 6 heteroatoms. The van der Waals surface area contributed by atoms with Gasteiger partial charge in [-0.25, -0.2) is 13.1 Å². The molecule has 0 saturated heterocycles. The first-order valence-corrected chi connectivity index (χ1v) is 8.30. The molecule has 1 rings (SSSR count). The number of hydrogen-bond acceptors (Lipinski definition) is 3. The van der Waals surface area contributed by atoms with E-state index in [0.29, 0.717) is 12.1 Å². The molecular formula is C14H22N2O3S. The number of amides is 1. The van der Waals surface area contributed by atoms with Crippen LogP contribution in [0.5, 0.6) is 0 Å². The number of sulfonamides is 1. The first-order valence-electron chi connectivity index (χ1n) is 6.65. The molecule has 1 aromatic carbocycles. The van der Waals surface area contributed by atoms with Crippen LogP contribution in [0.2, 0.25) is 0 Å². The minimum atomic E-state index is -3.32. The maximum Gasteiger partial charge on any atom is 0.223 e. The van der Waals surface area contributed by atoms with Crippen molar-refractivity contribution < 1.29 is 13.2 Å². The van der Waals surface area contributed by atoms with E-state index < -0.39 is 10.0 Å². The summed E-state index contributed by atoms with van der Waals surface area (Å²) in [7, 11) is -1.93. The lowest BCUT2D eigenvalue weighted by Crippen LogP contribution is -2.29. The maximum absolute atomic E-state index is 11.8. The van der Waals surface area contributed by atoms with Crippen LogP contribution in [-0.4, -0.2) is 21.4 Å². The lowest BCUT2D eigenvalue weighted by atomic mass is 10.1. The number of benzene rings is 1. The molecule has 0 unspecified atom stereocenters. The van der Waals surface area contributed by atoms with E-state index in [1.165, 1.54) is 7.05 Å². The predicted octanol–water partition coefficient (Wildman–Crippen LogP) is 1.40. The molecule has 0 spiro atoms. The largest absolute Gasteiger partial charge is 0.352 e. The van der Waals surface area contributed by atoms with Gasteiger partial charge in [-0.2, -0.15) is 0 Å². The van der Waals surface area contributed by atoms with E-state index in [9.17, 15) is 13.2 Å². The van der Waals surface area contributed by atoms with Gasteiger partial charge in [-0.3, -0.25) is 4.79 Å². The van der Waals surface area contributed by atoms with Crippen molar-refractivity contribution in [2.75, 3.05) is 7.05 Å². The molecule has 0 heterocycles. The summed E-state index contributed by atoms with van der Waals surface area (Å²) in [5, 5.41) is 2.84. The molecule has 0 aliphatic heterocycles. The molecule has 0 fully saturated rings. The fourth-order valence-electron chi connectivity index (χ4n) is 1.69. The van der Waals surface area contributed by atoms with E-state index >= 15 is 0 Å². The Labute approximate surface area is 120 Å². The van der Waals surface area contributed by atoms with Gasteiger partial charge in [0, 0.05) is 12.5 Å². The molecule has 0 bridgehead atoms. The highest BCUT2D eigenvalue weighted by Gasteiger charge is 2.14. The van der Waals surface area contributed by atoms with Gasteiger partial charge in [0.1, 0.15) is 0 Å². The van der Waals surface area contributed by atoms with Crippen LogP contribution in [0.15, 0.2) is 24.3 Å². The van der Waals surface area contributed by atoms with Crippen LogP contribution in [-0.2, 0) is 27.1 Å². The van der Waals surface area contributed by atoms with Crippen molar-refractivity contribution in [2.24, 2.45) is 5.92 Å². The summed E-state index contributed by atoms with van der Waals surface area (Å²) in [4.78, 5) is 11.8. The highest BCUT2D eigenvalue weighted by Crippen LogP contribution is 2.12. The van der Waals surface area contributed by atoms with E-state index in [2.05, 4.69) is 10.0 Å². The minimum Gasteiger partial charge on any atom is -0.352 e. The second-order valence-electron chi connectivity index (χ2n) is 4.76. The van der Waals surface area contributed by atoms with Crippen LogP contribution < -0.4 is 10.0 Å². The van der Waals surface area contributed by atoms with Crippen LogP contribution in [0.1, 0.15) is 31.4 Å². The average Bonchev–Trinajstić information content (AvgIpc) is 2.44. The summed E-state index contributed by atoms with van der Waals surface area (Å²) >= 11 is 0. The quantitative estimate of drug-likeness (QED) is 0.799. The molecule has 2 N–H and O–H groups in total. The molecule has 5 nitrogen and oxygen atoms in total. The Kier molecular flexibility index (Phi) is 6.16. The highest BCUT2D eigenvalue weighted by atomic mass is 32.2. The second kappa shape index (κ2) is 7.40. The van der Waals surface area contributed by atoms with Crippen LogP contribution in [0, 0.1) is 5.92 Å². The lowest BCUT2D eigenvalue weighted by Gasteiger charge is -2.13. The molecule has 0 aliphatic rings. The third-order valence-corrected chi connectivity index (χ3v) is 4.60. The number of carbonyl (C=O) groups excluding carboxylic acids is 1. The lowest BCUT2D eigenvalue weighted by molar-refractivity contribution is -0.124. The summed E-state index contributed by atoms with van der Waals surface area (Å²) in [5.41, 5.74) is 1.52. The smallest absolute Gasteiger partial charge is 0.223 e. The van der Waals surface area contributed by atoms with Crippen LogP contribution >= 0.6 is 0 Å². The average molecular weight is 298 g/mol. The Morgan fingerprint density at radius 1 is 1.25 bits per heavy atom. The Bertz CT molecular complexity index is 555. The van der Waals surface area contributed by atoms with Gasteiger partial charge in [0.2, 0.25) is 15.9 Å². The fraction of sp³-hybridized carbons (Fsp3) is 0.500. The van der Waals surface area contributed by atoms with Gasteiger partial charge in [0.25, 0.3) is 0 Å². The third-order valence-electron chi connectivity index (χ3n) is 3.29. The van der Waals surface area contributed by atoms with Gasteiger partial charge in [-0.1, -0.05) is 38.1 Å². The minimum absolute atomic E-state index is 0.0150. The molecule has 1 aromatic rings. The Morgan fingerprint density at radius 2 is 1.85 bits per heavy atom. The highest BCUT2D eigenvalue weighted by molar-refractivity contribution is 7.88. The van der Waals surface area contributed by atoms with E-state index in [0.717, 1.165) is 12.0 Å². The topological polar surface area (TPSA) is 75.3 Å². The number of rotatable bonds is 7. The molecular weight excluding hydrogens is 276 g/mol. The zero-order valence-corrected chi connectivity index (χ0v) is 13.0. The molecule has 0 radical (unpaired) electrons. The van der Waals surface area contributed by atoms with E-state index in [-0.39, 0.29) is 17.6 Å². The molecule has 20 heavy (non-hydrogen) atoms. The van der Waals surface area contributed by atoms with Gasteiger partial charge in [0.05, 0.1) is 5.75 Å². The Hall–Kier alpha value is -1.40. The van der Waals surface area contributed by atoms with Crippen molar-refractivity contribution in [3.05, 3.63) is 35.4 Å². The molecule has 0 aromatic heterocycles. The van der Waals surface area contributed by atoms with Crippen molar-refractivity contribution in [3.63, 3.8) is 0 Å². The van der Waals surface area contributed by atoms with Crippen LogP contribution in [0.25, 0.3) is 0 Å². The van der Waals surface area contributed by atoms with Crippen molar-refractivity contribution in [2.45, 2.75) is 32.6 Å². The summed E-state index contributed by atoms with van der Waals surface area (Å²) in [5.74, 6) is -0.138. The Balaban J connectivity index is 2.79. The van der Waals surface area contributed by atoms with Crippen molar-refractivity contribution >= 4 is 15.9 Å². The second-order valence-corrected chi connectivity index (χ2v) is 6.69. The van der Waals surface area contributed by atoms with Crippen molar-refractivity contribution in [1.82, 2.24) is 10.0 Å². The summed E-state index contributed by atoms with van der Waals surface area (Å²) in [6.45, 7) is 4.17. The number of nitrogens with one attached hydrogen (secondary N) is 2. The van der Waals surface area contributed by atoms with Crippen molar-refractivity contribution in [1.29, 1.82) is 0 Å². The zero-order valence-electron chi connectivity index (χ0n) is 12.1. The molecule has 0 aliphatic carbocycles. The van der Waals surface area contributed by atoms with Crippen LogP contribution in [0.3, 0.4) is 0 Å².